The molecule has 110 valence electrons. The van der Waals surface area contributed by atoms with Crippen LogP contribution >= 0.6 is 0 Å². The second kappa shape index (κ2) is 7.41. The van der Waals surface area contributed by atoms with Crippen LogP contribution in [0.4, 0.5) is 0 Å². The van der Waals surface area contributed by atoms with Crippen LogP contribution in [0, 0.1) is 0 Å². The van der Waals surface area contributed by atoms with Gasteiger partial charge in [-0.2, -0.15) is 0 Å². The summed E-state index contributed by atoms with van der Waals surface area (Å²) >= 11 is 0. The zero-order chi connectivity index (χ0) is 14.4. The van der Waals surface area contributed by atoms with Gasteiger partial charge in [0.05, 0.1) is 5.56 Å². The van der Waals surface area contributed by atoms with Gasteiger partial charge in [0.2, 0.25) is 0 Å². The van der Waals surface area contributed by atoms with Crippen molar-refractivity contribution in [3.63, 3.8) is 0 Å². The Morgan fingerprint density at radius 2 is 2.10 bits per heavy atom. The van der Waals surface area contributed by atoms with E-state index in [0.29, 0.717) is 11.6 Å². The number of piperidine rings is 1. The van der Waals surface area contributed by atoms with Crippen LogP contribution in [0.2, 0.25) is 0 Å². The van der Waals surface area contributed by atoms with Crippen molar-refractivity contribution in [2.45, 2.75) is 38.8 Å². The summed E-state index contributed by atoms with van der Waals surface area (Å²) in [6.45, 7) is 6.39. The summed E-state index contributed by atoms with van der Waals surface area (Å²) in [6, 6.07) is 7.78. The van der Waals surface area contributed by atoms with Gasteiger partial charge in [-0.25, -0.2) is 4.79 Å². The summed E-state index contributed by atoms with van der Waals surface area (Å²) in [6.07, 6.45) is 4.00. The number of nitrogens with one attached hydrogen (secondary N) is 1. The lowest BCUT2D eigenvalue weighted by molar-refractivity contribution is 0.0697. The summed E-state index contributed by atoms with van der Waals surface area (Å²) in [4.78, 5) is 13.3. The molecule has 1 aliphatic rings. The largest absolute Gasteiger partial charge is 0.478 e. The molecule has 2 rings (SSSR count). The van der Waals surface area contributed by atoms with E-state index in [1.165, 1.54) is 25.8 Å². The molecule has 20 heavy (non-hydrogen) atoms. The van der Waals surface area contributed by atoms with Crippen LogP contribution in [-0.4, -0.2) is 41.7 Å². The zero-order valence-electron chi connectivity index (χ0n) is 12.1. The lowest BCUT2D eigenvalue weighted by atomic mass is 10.0. The highest BCUT2D eigenvalue weighted by Crippen LogP contribution is 2.15. The molecule has 1 heterocycles. The Hall–Kier alpha value is -1.39. The van der Waals surface area contributed by atoms with E-state index in [-0.39, 0.29) is 0 Å². The molecule has 1 aliphatic heterocycles. The smallest absolute Gasteiger partial charge is 0.335 e. The molecule has 0 aliphatic carbocycles. The van der Waals surface area contributed by atoms with E-state index in [0.717, 1.165) is 25.2 Å². The first kappa shape index (κ1) is 15.0. The number of rotatable bonds is 6. The first-order valence-corrected chi connectivity index (χ1v) is 7.44. The molecule has 0 radical (unpaired) electrons. The third-order valence-corrected chi connectivity index (χ3v) is 4.05. The fourth-order valence-electron chi connectivity index (χ4n) is 2.71. The molecule has 0 amide bonds. The third kappa shape index (κ3) is 4.32. The molecule has 4 nitrogen and oxygen atoms in total. The molecule has 1 unspecified atom stereocenters. The number of carboxylic acids is 1. The number of nitrogens with zero attached hydrogens (tertiary/aromatic N) is 1. The van der Waals surface area contributed by atoms with Crippen molar-refractivity contribution in [3.05, 3.63) is 35.4 Å². The Morgan fingerprint density at radius 1 is 1.35 bits per heavy atom. The SMILES string of the molecule is CC1CCCCN1CCNCc1ccc(C(=O)O)cc1. The predicted octanol–water partition coefficient (Wildman–Crippen LogP) is 2.35. The van der Waals surface area contributed by atoms with Crippen LogP contribution in [0.25, 0.3) is 0 Å². The molecular formula is C16H24N2O2. The standard InChI is InChI=1S/C16H24N2O2/c1-13-4-2-3-10-18(13)11-9-17-12-14-5-7-15(8-6-14)16(19)20/h5-8,13,17H,2-4,9-12H2,1H3,(H,19,20). The monoisotopic (exact) mass is 276 g/mol. The quantitative estimate of drug-likeness (QED) is 0.783. The first-order chi connectivity index (χ1) is 9.66. The van der Waals surface area contributed by atoms with Crippen LogP contribution in [0.3, 0.4) is 0 Å². The summed E-state index contributed by atoms with van der Waals surface area (Å²) in [5.41, 5.74) is 1.47. The molecule has 0 saturated carbocycles. The number of hydrogen-bond donors (Lipinski definition) is 2. The van der Waals surface area contributed by atoms with Crippen LogP contribution in [0.5, 0.6) is 0 Å². The van der Waals surface area contributed by atoms with E-state index >= 15 is 0 Å². The Labute approximate surface area is 120 Å². The van der Waals surface area contributed by atoms with Gasteiger partial charge in [-0.1, -0.05) is 18.6 Å². The number of aromatic carboxylic acids is 1. The lowest BCUT2D eigenvalue weighted by Gasteiger charge is -2.33. The van der Waals surface area contributed by atoms with Crippen LogP contribution in [0.1, 0.15) is 42.1 Å². The Balaban J connectivity index is 1.69. The van der Waals surface area contributed by atoms with Crippen molar-refractivity contribution in [3.8, 4) is 0 Å². The second-order valence-corrected chi connectivity index (χ2v) is 5.56. The highest BCUT2D eigenvalue weighted by molar-refractivity contribution is 5.87. The highest BCUT2D eigenvalue weighted by Gasteiger charge is 2.16. The molecule has 1 fully saturated rings. The molecule has 0 aromatic heterocycles. The van der Waals surface area contributed by atoms with E-state index in [2.05, 4.69) is 17.1 Å². The molecule has 1 atom stereocenters. The predicted molar refractivity (Wildman–Crippen MR) is 80.0 cm³/mol. The van der Waals surface area contributed by atoms with Crippen molar-refractivity contribution in [2.75, 3.05) is 19.6 Å². The third-order valence-electron chi connectivity index (χ3n) is 4.05. The van der Waals surface area contributed by atoms with Crippen molar-refractivity contribution >= 4 is 5.97 Å². The molecule has 1 aromatic carbocycles. The van der Waals surface area contributed by atoms with Crippen LogP contribution in [-0.2, 0) is 6.54 Å². The van der Waals surface area contributed by atoms with Gasteiger partial charge in [0.25, 0.3) is 0 Å². The molecule has 2 N–H and O–H groups in total. The van der Waals surface area contributed by atoms with E-state index in [4.69, 9.17) is 5.11 Å². The fourth-order valence-corrected chi connectivity index (χ4v) is 2.71. The maximum atomic E-state index is 10.8. The summed E-state index contributed by atoms with van der Waals surface area (Å²) in [5.74, 6) is -0.872. The Morgan fingerprint density at radius 3 is 2.75 bits per heavy atom. The van der Waals surface area contributed by atoms with E-state index in [9.17, 15) is 4.79 Å². The number of carboxylic acid groups (broad SMARTS) is 1. The minimum atomic E-state index is -0.872. The molecular weight excluding hydrogens is 252 g/mol. The minimum absolute atomic E-state index is 0.343. The minimum Gasteiger partial charge on any atom is -0.478 e. The van der Waals surface area contributed by atoms with Gasteiger partial charge in [-0.05, 0) is 44.0 Å². The number of benzene rings is 1. The average molecular weight is 276 g/mol. The van der Waals surface area contributed by atoms with Gasteiger partial charge >= 0.3 is 5.97 Å². The lowest BCUT2D eigenvalue weighted by Crippen LogP contribution is -2.41. The van der Waals surface area contributed by atoms with E-state index in [1.54, 1.807) is 12.1 Å². The summed E-state index contributed by atoms with van der Waals surface area (Å²) < 4.78 is 0. The molecule has 0 spiro atoms. The van der Waals surface area contributed by atoms with Crippen LogP contribution < -0.4 is 5.32 Å². The molecule has 1 aromatic rings. The Bertz CT molecular complexity index is 431. The van der Waals surface area contributed by atoms with E-state index in [1.807, 2.05) is 12.1 Å². The number of carbonyl (C=O) groups is 1. The van der Waals surface area contributed by atoms with Gasteiger partial charge < -0.3 is 10.4 Å². The molecule has 0 bridgehead atoms. The second-order valence-electron chi connectivity index (χ2n) is 5.56. The number of hydrogen-bond acceptors (Lipinski definition) is 3. The molecule has 4 heteroatoms. The van der Waals surface area contributed by atoms with Gasteiger partial charge in [-0.15, -0.1) is 0 Å². The highest BCUT2D eigenvalue weighted by atomic mass is 16.4. The Kier molecular flexibility index (Phi) is 5.56. The first-order valence-electron chi connectivity index (χ1n) is 7.44. The van der Waals surface area contributed by atoms with Crippen molar-refractivity contribution < 1.29 is 9.90 Å². The van der Waals surface area contributed by atoms with Gasteiger partial charge in [-0.3, -0.25) is 4.90 Å². The zero-order valence-corrected chi connectivity index (χ0v) is 12.1. The number of likely N-dealkylation sites (tertiary alicyclic amines) is 1. The van der Waals surface area contributed by atoms with Gasteiger partial charge in [0, 0.05) is 25.7 Å². The fraction of sp³-hybridized carbons (Fsp3) is 0.562. The maximum absolute atomic E-state index is 10.8. The van der Waals surface area contributed by atoms with Gasteiger partial charge in [0.15, 0.2) is 0 Å². The summed E-state index contributed by atoms with van der Waals surface area (Å²) in [5, 5.41) is 12.3. The van der Waals surface area contributed by atoms with Crippen molar-refractivity contribution in [1.29, 1.82) is 0 Å². The maximum Gasteiger partial charge on any atom is 0.335 e. The normalized spacial score (nSPS) is 19.9. The van der Waals surface area contributed by atoms with E-state index < -0.39 is 5.97 Å². The molecule has 1 saturated heterocycles. The van der Waals surface area contributed by atoms with Crippen molar-refractivity contribution in [1.82, 2.24) is 10.2 Å². The van der Waals surface area contributed by atoms with Crippen molar-refractivity contribution in [2.24, 2.45) is 0 Å². The summed E-state index contributed by atoms with van der Waals surface area (Å²) in [7, 11) is 0. The topological polar surface area (TPSA) is 52.6 Å². The van der Waals surface area contributed by atoms with Gasteiger partial charge in [0.1, 0.15) is 0 Å². The average Bonchev–Trinajstić information content (AvgIpc) is 2.46. The van der Waals surface area contributed by atoms with Crippen LogP contribution in [0.15, 0.2) is 24.3 Å².